The normalized spacial score (nSPS) is 14.0. The Hall–Kier alpha value is -2.47. The third-order valence-electron chi connectivity index (χ3n) is 5.84. The molecule has 170 valence electrons. The van der Waals surface area contributed by atoms with Gasteiger partial charge in [-0.3, -0.25) is 0 Å². The van der Waals surface area contributed by atoms with Gasteiger partial charge in [0.2, 0.25) is 10.0 Å². The number of benzene rings is 3. The van der Waals surface area contributed by atoms with Gasteiger partial charge in [0.25, 0.3) is 0 Å². The van der Waals surface area contributed by atoms with E-state index in [9.17, 15) is 8.42 Å². The van der Waals surface area contributed by atoms with Crippen molar-refractivity contribution in [1.82, 2.24) is 4.72 Å². The number of hydrogen-bond donors (Lipinski definition) is 2. The van der Waals surface area contributed by atoms with Gasteiger partial charge in [0.05, 0.1) is 17.8 Å². The molecule has 2 atom stereocenters. The molecule has 3 N–H and O–H groups in total. The largest absolute Gasteiger partial charge is 0.322 e. The van der Waals surface area contributed by atoms with Crippen LogP contribution in [-0.2, 0) is 15.8 Å². The molecule has 3 aromatic rings. The van der Waals surface area contributed by atoms with E-state index in [0.29, 0.717) is 0 Å². The van der Waals surface area contributed by atoms with Crippen LogP contribution in [-0.4, -0.2) is 8.42 Å². The zero-order valence-electron chi connectivity index (χ0n) is 19.3. The molecule has 5 heteroatoms. The van der Waals surface area contributed by atoms with Crippen molar-refractivity contribution in [3.63, 3.8) is 0 Å². The first kappa shape index (κ1) is 24.2. The number of sulfonamides is 1. The van der Waals surface area contributed by atoms with Crippen LogP contribution in [0.3, 0.4) is 0 Å². The molecule has 2 unspecified atom stereocenters. The Morgan fingerprint density at radius 3 is 1.66 bits per heavy atom. The van der Waals surface area contributed by atoms with Crippen molar-refractivity contribution in [3.8, 4) is 0 Å². The highest BCUT2D eigenvalue weighted by atomic mass is 32.2. The van der Waals surface area contributed by atoms with Crippen LogP contribution in [0.15, 0.2) is 78.9 Å². The lowest BCUT2D eigenvalue weighted by molar-refractivity contribution is 0.503. The van der Waals surface area contributed by atoms with Gasteiger partial charge in [-0.1, -0.05) is 107 Å². The van der Waals surface area contributed by atoms with Crippen molar-refractivity contribution in [3.05, 3.63) is 107 Å². The second-order valence-electron chi connectivity index (χ2n) is 8.93. The molecule has 0 saturated carbocycles. The van der Waals surface area contributed by atoms with Crippen LogP contribution in [0, 0.1) is 0 Å². The van der Waals surface area contributed by atoms with E-state index in [1.165, 1.54) is 0 Å². The van der Waals surface area contributed by atoms with E-state index < -0.39 is 22.1 Å². The summed E-state index contributed by atoms with van der Waals surface area (Å²) in [6.07, 6.45) is 0. The van der Waals surface area contributed by atoms with Crippen molar-refractivity contribution in [2.75, 3.05) is 0 Å². The lowest BCUT2D eigenvalue weighted by Gasteiger charge is -2.27. The molecule has 0 fully saturated rings. The van der Waals surface area contributed by atoms with Gasteiger partial charge in [-0.2, -0.15) is 0 Å². The second kappa shape index (κ2) is 10.4. The molecule has 0 amide bonds. The fraction of sp³-hybridized carbons (Fsp3) is 0.333. The van der Waals surface area contributed by atoms with Crippen molar-refractivity contribution in [2.45, 2.75) is 57.4 Å². The molecule has 0 spiro atoms. The summed E-state index contributed by atoms with van der Waals surface area (Å²) in [6, 6.07) is 24.2. The number of nitrogens with two attached hydrogens (primary N) is 1. The third-order valence-corrected chi connectivity index (χ3v) is 7.12. The van der Waals surface area contributed by atoms with E-state index in [-0.39, 0.29) is 17.6 Å². The van der Waals surface area contributed by atoms with Gasteiger partial charge in [-0.05, 0) is 39.7 Å². The number of hydrogen-bond acceptors (Lipinski definition) is 3. The zero-order chi connectivity index (χ0) is 23.3. The maximum Gasteiger partial charge on any atom is 0.216 e. The lowest BCUT2D eigenvalue weighted by Crippen LogP contribution is -2.37. The highest BCUT2D eigenvalue weighted by Gasteiger charge is 2.28. The van der Waals surface area contributed by atoms with E-state index in [0.717, 1.165) is 27.8 Å². The monoisotopic (exact) mass is 450 g/mol. The van der Waals surface area contributed by atoms with Crippen molar-refractivity contribution in [1.29, 1.82) is 0 Å². The van der Waals surface area contributed by atoms with Gasteiger partial charge >= 0.3 is 0 Å². The highest BCUT2D eigenvalue weighted by molar-refractivity contribution is 7.88. The Morgan fingerprint density at radius 1 is 0.719 bits per heavy atom. The van der Waals surface area contributed by atoms with Crippen LogP contribution in [0.4, 0.5) is 0 Å². The molecule has 3 aromatic carbocycles. The molecule has 0 aliphatic heterocycles. The Labute approximate surface area is 192 Å². The first-order valence-electron chi connectivity index (χ1n) is 11.2. The molecule has 0 bridgehead atoms. The molecular weight excluding hydrogens is 416 g/mol. The summed E-state index contributed by atoms with van der Waals surface area (Å²) in [7, 11) is -3.68. The van der Waals surface area contributed by atoms with Crippen molar-refractivity contribution < 1.29 is 8.42 Å². The predicted octanol–water partition coefficient (Wildman–Crippen LogP) is 5.79. The predicted molar refractivity (Wildman–Crippen MR) is 133 cm³/mol. The molecular formula is C27H34N2O2S. The third kappa shape index (κ3) is 5.85. The molecule has 3 rings (SSSR count). The summed E-state index contributed by atoms with van der Waals surface area (Å²) in [6.45, 7) is 8.39. The molecule has 0 aliphatic rings. The first-order valence-corrected chi connectivity index (χ1v) is 12.8. The van der Waals surface area contributed by atoms with Gasteiger partial charge in [-0.25, -0.2) is 13.1 Å². The number of nitrogens with one attached hydrogen (secondary N) is 1. The van der Waals surface area contributed by atoms with E-state index >= 15 is 0 Å². The van der Waals surface area contributed by atoms with Gasteiger partial charge < -0.3 is 5.73 Å². The van der Waals surface area contributed by atoms with E-state index in [1.54, 1.807) is 0 Å². The summed E-state index contributed by atoms with van der Waals surface area (Å²) in [5.41, 5.74) is 11.4. The Bertz CT molecular complexity index is 1080. The van der Waals surface area contributed by atoms with E-state index in [1.807, 2.05) is 78.9 Å². The molecule has 0 aliphatic carbocycles. The smallest absolute Gasteiger partial charge is 0.216 e. The molecule has 4 nitrogen and oxygen atoms in total. The average Bonchev–Trinajstić information content (AvgIpc) is 2.78. The van der Waals surface area contributed by atoms with Crippen molar-refractivity contribution in [2.24, 2.45) is 5.73 Å². The standard InChI is InChI=1S/C27H34N2O2S/c1-19(2)23-16-11-17-24(20(3)4)25(23)18-32(30,31)29-27(22-14-9-6-10-15-22)26(28)21-12-7-5-8-13-21/h5-17,19-20,26-27,29H,18,28H2,1-4H3. The van der Waals surface area contributed by atoms with Crippen LogP contribution >= 0.6 is 0 Å². The van der Waals surface area contributed by atoms with Gasteiger partial charge in [0.15, 0.2) is 0 Å². The second-order valence-corrected chi connectivity index (χ2v) is 10.7. The van der Waals surface area contributed by atoms with Gasteiger partial charge in [0.1, 0.15) is 0 Å². The fourth-order valence-electron chi connectivity index (χ4n) is 4.17. The lowest BCUT2D eigenvalue weighted by atomic mass is 9.90. The average molecular weight is 451 g/mol. The molecule has 0 radical (unpaired) electrons. The minimum atomic E-state index is -3.68. The topological polar surface area (TPSA) is 72.2 Å². The SMILES string of the molecule is CC(C)c1cccc(C(C)C)c1CS(=O)(=O)NC(c1ccccc1)C(N)c1ccccc1. The minimum absolute atomic E-state index is 0.0697. The molecule has 0 heterocycles. The maximum absolute atomic E-state index is 13.5. The Kier molecular flexibility index (Phi) is 7.88. The zero-order valence-corrected chi connectivity index (χ0v) is 20.1. The molecule has 0 aromatic heterocycles. The van der Waals surface area contributed by atoms with Crippen LogP contribution in [0.25, 0.3) is 0 Å². The van der Waals surface area contributed by atoms with Gasteiger partial charge in [-0.15, -0.1) is 0 Å². The summed E-state index contributed by atoms with van der Waals surface area (Å²) >= 11 is 0. The van der Waals surface area contributed by atoms with Crippen LogP contribution < -0.4 is 10.5 Å². The molecule has 0 saturated heterocycles. The van der Waals surface area contributed by atoms with Crippen LogP contribution in [0.1, 0.15) is 79.4 Å². The quantitative estimate of drug-likeness (QED) is 0.433. The Balaban J connectivity index is 1.99. The van der Waals surface area contributed by atoms with Crippen LogP contribution in [0.2, 0.25) is 0 Å². The fourth-order valence-corrected chi connectivity index (χ4v) is 5.64. The molecule has 32 heavy (non-hydrogen) atoms. The van der Waals surface area contributed by atoms with E-state index in [2.05, 4.69) is 32.4 Å². The summed E-state index contributed by atoms with van der Waals surface area (Å²) < 4.78 is 29.9. The summed E-state index contributed by atoms with van der Waals surface area (Å²) in [5, 5.41) is 0. The Morgan fingerprint density at radius 2 is 1.19 bits per heavy atom. The summed E-state index contributed by atoms with van der Waals surface area (Å²) in [5.74, 6) is 0.394. The van der Waals surface area contributed by atoms with E-state index in [4.69, 9.17) is 5.73 Å². The highest BCUT2D eigenvalue weighted by Crippen LogP contribution is 2.31. The first-order chi connectivity index (χ1) is 15.2. The number of rotatable bonds is 9. The van der Waals surface area contributed by atoms with Crippen molar-refractivity contribution >= 4 is 10.0 Å². The van der Waals surface area contributed by atoms with Gasteiger partial charge in [0, 0.05) is 0 Å². The van der Waals surface area contributed by atoms with Crippen LogP contribution in [0.5, 0.6) is 0 Å². The maximum atomic E-state index is 13.5. The summed E-state index contributed by atoms with van der Waals surface area (Å²) in [4.78, 5) is 0. The minimum Gasteiger partial charge on any atom is -0.322 e.